The third-order valence-electron chi connectivity index (χ3n) is 3.32. The second kappa shape index (κ2) is 5.75. The van der Waals surface area contributed by atoms with E-state index >= 15 is 0 Å². The van der Waals surface area contributed by atoms with Crippen molar-refractivity contribution in [3.63, 3.8) is 0 Å². The maximum Gasteiger partial charge on any atom is 0.238 e. The molecule has 0 spiro atoms. The molecule has 2 fully saturated rings. The smallest absolute Gasteiger partial charge is 0.238 e. The van der Waals surface area contributed by atoms with E-state index in [1.165, 1.54) is 32.1 Å². The van der Waals surface area contributed by atoms with Gasteiger partial charge in [0, 0.05) is 18.2 Å². The average Bonchev–Trinajstić information content (AvgIpc) is 2.81. The maximum atomic E-state index is 11.7. The van der Waals surface area contributed by atoms with Gasteiger partial charge in [0.15, 0.2) is 0 Å². The van der Waals surface area contributed by atoms with Gasteiger partial charge in [-0.2, -0.15) is 0 Å². The zero-order valence-corrected chi connectivity index (χ0v) is 9.94. The Morgan fingerprint density at radius 2 is 2.13 bits per heavy atom. The highest BCUT2D eigenvalue weighted by Crippen LogP contribution is 2.22. The third-order valence-corrected chi connectivity index (χ3v) is 4.26. The summed E-state index contributed by atoms with van der Waals surface area (Å²) in [5, 5.41) is 6.27. The molecule has 2 N–H and O–H groups in total. The number of hydrogen-bond acceptors (Lipinski definition) is 3. The molecular formula is C11H20N2OS. The van der Waals surface area contributed by atoms with Gasteiger partial charge in [-0.05, 0) is 18.8 Å². The first kappa shape index (κ1) is 11.3. The molecule has 1 unspecified atom stereocenters. The molecule has 3 nitrogen and oxygen atoms in total. The van der Waals surface area contributed by atoms with Gasteiger partial charge in [0.2, 0.25) is 5.91 Å². The van der Waals surface area contributed by atoms with Gasteiger partial charge in [-0.1, -0.05) is 19.3 Å². The van der Waals surface area contributed by atoms with Crippen LogP contribution in [0, 0.1) is 5.92 Å². The van der Waals surface area contributed by atoms with Crippen LogP contribution in [0.2, 0.25) is 0 Å². The molecule has 15 heavy (non-hydrogen) atoms. The first-order valence-corrected chi connectivity index (χ1v) is 7.10. The molecule has 86 valence electrons. The molecule has 0 aromatic rings. The Labute approximate surface area is 95.8 Å². The summed E-state index contributed by atoms with van der Waals surface area (Å²) >= 11 is 1.80. The molecule has 2 aliphatic rings. The zero-order valence-electron chi connectivity index (χ0n) is 9.13. The van der Waals surface area contributed by atoms with E-state index in [-0.39, 0.29) is 11.9 Å². The van der Waals surface area contributed by atoms with E-state index < -0.39 is 0 Å². The molecule has 1 heterocycles. The van der Waals surface area contributed by atoms with E-state index in [2.05, 4.69) is 10.6 Å². The molecule has 1 aliphatic heterocycles. The average molecular weight is 228 g/mol. The molecule has 0 bridgehead atoms. The van der Waals surface area contributed by atoms with Crippen LogP contribution in [0.5, 0.6) is 0 Å². The van der Waals surface area contributed by atoms with E-state index in [0.717, 1.165) is 24.1 Å². The summed E-state index contributed by atoms with van der Waals surface area (Å²) in [6.45, 7) is 0.891. The maximum absolute atomic E-state index is 11.7. The van der Waals surface area contributed by atoms with Crippen molar-refractivity contribution in [3.8, 4) is 0 Å². The molecule has 0 radical (unpaired) electrons. The van der Waals surface area contributed by atoms with Crippen molar-refractivity contribution in [2.45, 2.75) is 38.1 Å². The summed E-state index contributed by atoms with van der Waals surface area (Å²) in [4.78, 5) is 11.7. The first-order valence-electron chi connectivity index (χ1n) is 5.95. The highest BCUT2D eigenvalue weighted by Gasteiger charge is 2.23. The quantitative estimate of drug-likeness (QED) is 0.766. The summed E-state index contributed by atoms with van der Waals surface area (Å²) in [5.74, 6) is 2.78. The fourth-order valence-corrected chi connectivity index (χ4v) is 3.26. The number of amides is 1. The van der Waals surface area contributed by atoms with Gasteiger partial charge in [-0.15, -0.1) is 11.8 Å². The van der Waals surface area contributed by atoms with E-state index in [1.54, 1.807) is 11.8 Å². The third kappa shape index (κ3) is 3.38. The Morgan fingerprint density at radius 1 is 1.33 bits per heavy atom. The lowest BCUT2D eigenvalue weighted by Crippen LogP contribution is -2.43. The van der Waals surface area contributed by atoms with Crippen molar-refractivity contribution in [3.05, 3.63) is 0 Å². The largest absolute Gasteiger partial charge is 0.354 e. The Morgan fingerprint density at radius 3 is 2.80 bits per heavy atom. The number of carbonyl (C=O) groups excluding carboxylic acids is 1. The van der Waals surface area contributed by atoms with Crippen molar-refractivity contribution in [1.82, 2.24) is 10.6 Å². The monoisotopic (exact) mass is 228 g/mol. The minimum Gasteiger partial charge on any atom is -0.354 e. The van der Waals surface area contributed by atoms with E-state index in [0.29, 0.717) is 0 Å². The van der Waals surface area contributed by atoms with E-state index in [9.17, 15) is 4.79 Å². The lowest BCUT2D eigenvalue weighted by atomic mass is 9.89. The molecule has 4 heteroatoms. The summed E-state index contributed by atoms with van der Waals surface area (Å²) in [6, 6.07) is 0.0543. The van der Waals surface area contributed by atoms with Crippen molar-refractivity contribution >= 4 is 17.7 Å². The number of carbonyl (C=O) groups is 1. The lowest BCUT2D eigenvalue weighted by molar-refractivity contribution is -0.122. The number of rotatable bonds is 3. The van der Waals surface area contributed by atoms with Crippen molar-refractivity contribution in [2.75, 3.05) is 18.2 Å². The van der Waals surface area contributed by atoms with E-state index in [1.807, 2.05) is 0 Å². The minimum absolute atomic E-state index is 0.0543. The van der Waals surface area contributed by atoms with Gasteiger partial charge < -0.3 is 5.32 Å². The molecule has 1 aliphatic carbocycles. The molecule has 0 aromatic carbocycles. The van der Waals surface area contributed by atoms with Gasteiger partial charge >= 0.3 is 0 Å². The van der Waals surface area contributed by atoms with Crippen LogP contribution in [0.4, 0.5) is 0 Å². The minimum atomic E-state index is 0.0543. The molecule has 2 rings (SSSR count). The van der Waals surface area contributed by atoms with Gasteiger partial charge in [0.1, 0.15) is 0 Å². The van der Waals surface area contributed by atoms with Crippen LogP contribution in [-0.2, 0) is 4.79 Å². The molecule has 1 saturated heterocycles. The van der Waals surface area contributed by atoms with Crippen molar-refractivity contribution < 1.29 is 4.79 Å². The molecule has 1 atom stereocenters. The summed E-state index contributed by atoms with van der Waals surface area (Å²) < 4.78 is 0. The second-order valence-electron chi connectivity index (χ2n) is 4.52. The van der Waals surface area contributed by atoms with Gasteiger partial charge in [-0.25, -0.2) is 0 Å². The zero-order chi connectivity index (χ0) is 10.5. The summed E-state index contributed by atoms with van der Waals surface area (Å²) in [7, 11) is 0. The van der Waals surface area contributed by atoms with Gasteiger partial charge in [0.25, 0.3) is 0 Å². The molecular weight excluding hydrogens is 208 g/mol. The van der Waals surface area contributed by atoms with Crippen molar-refractivity contribution in [2.24, 2.45) is 5.92 Å². The first-order chi connectivity index (χ1) is 7.36. The highest BCUT2D eigenvalue weighted by atomic mass is 32.2. The normalized spacial score (nSPS) is 27.9. The molecule has 0 aromatic heterocycles. The standard InChI is InChI=1S/C11H20N2OS/c14-11(10-7-15-8-13-10)12-6-9-4-2-1-3-5-9/h9-10,13H,1-8H2,(H,12,14). The number of nitrogens with one attached hydrogen (secondary N) is 2. The topological polar surface area (TPSA) is 41.1 Å². The highest BCUT2D eigenvalue weighted by molar-refractivity contribution is 7.99. The SMILES string of the molecule is O=C(NCC1CCCCC1)C1CSCN1. The fraction of sp³-hybridized carbons (Fsp3) is 0.909. The van der Waals surface area contributed by atoms with Gasteiger partial charge in [0.05, 0.1) is 6.04 Å². The van der Waals surface area contributed by atoms with Crippen LogP contribution >= 0.6 is 11.8 Å². The fourth-order valence-electron chi connectivity index (χ4n) is 2.32. The lowest BCUT2D eigenvalue weighted by Gasteiger charge is -2.22. The van der Waals surface area contributed by atoms with Crippen LogP contribution in [0.25, 0.3) is 0 Å². The molecule has 1 saturated carbocycles. The molecule has 1 amide bonds. The number of hydrogen-bond donors (Lipinski definition) is 2. The Balaban J connectivity index is 1.65. The predicted octanol–water partition coefficient (Wildman–Crippen LogP) is 1.35. The van der Waals surface area contributed by atoms with Crippen LogP contribution in [0.3, 0.4) is 0 Å². The van der Waals surface area contributed by atoms with E-state index in [4.69, 9.17) is 0 Å². The van der Waals surface area contributed by atoms with Gasteiger partial charge in [-0.3, -0.25) is 10.1 Å². The summed E-state index contributed by atoms with van der Waals surface area (Å²) in [5.41, 5.74) is 0. The Kier molecular flexibility index (Phi) is 4.32. The van der Waals surface area contributed by atoms with Crippen LogP contribution < -0.4 is 10.6 Å². The number of thioether (sulfide) groups is 1. The van der Waals surface area contributed by atoms with Crippen LogP contribution in [0.1, 0.15) is 32.1 Å². The Hall–Kier alpha value is -0.220. The predicted molar refractivity (Wildman–Crippen MR) is 63.8 cm³/mol. The van der Waals surface area contributed by atoms with Crippen LogP contribution in [-0.4, -0.2) is 30.1 Å². The second-order valence-corrected chi connectivity index (χ2v) is 5.55. The summed E-state index contributed by atoms with van der Waals surface area (Å²) in [6.07, 6.45) is 6.67. The van der Waals surface area contributed by atoms with Crippen LogP contribution in [0.15, 0.2) is 0 Å². The van der Waals surface area contributed by atoms with Crippen molar-refractivity contribution in [1.29, 1.82) is 0 Å². The Bertz CT molecular complexity index is 211.